The molecule has 0 aromatic heterocycles. The number of rotatable bonds is 0. The molecule has 2 N–H and O–H groups in total. The zero-order chi connectivity index (χ0) is 14.0. The van der Waals surface area contributed by atoms with Gasteiger partial charge < -0.3 is 14.9 Å². The molecule has 1 aliphatic heterocycles. The lowest BCUT2D eigenvalue weighted by molar-refractivity contribution is -0.164. The second-order valence-electron chi connectivity index (χ2n) is 6.92. The van der Waals surface area contributed by atoms with Crippen molar-refractivity contribution in [3.05, 3.63) is 12.2 Å². The monoisotopic (exact) mass is 266 g/mol. The first kappa shape index (κ1) is 13.1. The van der Waals surface area contributed by atoms with E-state index >= 15 is 0 Å². The van der Waals surface area contributed by atoms with Gasteiger partial charge in [0.05, 0.1) is 17.6 Å². The number of esters is 1. The van der Waals surface area contributed by atoms with Gasteiger partial charge in [0.2, 0.25) is 0 Å². The van der Waals surface area contributed by atoms with Crippen LogP contribution >= 0.6 is 0 Å². The molecule has 19 heavy (non-hydrogen) atoms. The molecule has 4 nitrogen and oxygen atoms in total. The number of aliphatic hydroxyl groups excluding tert-OH is 1. The molecule has 3 aliphatic rings. The molecule has 0 unspecified atom stereocenters. The lowest BCUT2D eigenvalue weighted by atomic mass is 9.52. The summed E-state index contributed by atoms with van der Waals surface area (Å²) in [6.45, 7) is 7.84. The van der Waals surface area contributed by atoms with E-state index in [1.54, 1.807) is 0 Å². The number of aliphatic hydroxyl groups is 2. The molecule has 0 bridgehead atoms. The quantitative estimate of drug-likeness (QED) is 0.514. The van der Waals surface area contributed by atoms with E-state index in [9.17, 15) is 15.0 Å². The molecule has 1 saturated heterocycles. The molecule has 0 radical (unpaired) electrons. The molecule has 2 saturated carbocycles. The number of ether oxygens (including phenoxy) is 1. The Balaban J connectivity index is 1.97. The summed E-state index contributed by atoms with van der Waals surface area (Å²) in [5.74, 6) is -0.247. The van der Waals surface area contributed by atoms with Gasteiger partial charge in [-0.25, -0.2) is 0 Å². The van der Waals surface area contributed by atoms with Crippen LogP contribution in [0.2, 0.25) is 0 Å². The Morgan fingerprint density at radius 3 is 2.74 bits per heavy atom. The lowest BCUT2D eigenvalue weighted by Crippen LogP contribution is -2.59. The lowest BCUT2D eigenvalue weighted by Gasteiger charge is -2.56. The van der Waals surface area contributed by atoms with Crippen LogP contribution in [0.5, 0.6) is 0 Å². The first-order chi connectivity index (χ1) is 8.77. The van der Waals surface area contributed by atoms with E-state index in [1.165, 1.54) is 0 Å². The third-order valence-corrected chi connectivity index (χ3v) is 5.69. The molecular formula is C15H22O4. The second-order valence-corrected chi connectivity index (χ2v) is 6.92. The van der Waals surface area contributed by atoms with Crippen LogP contribution in [0.4, 0.5) is 0 Å². The van der Waals surface area contributed by atoms with Gasteiger partial charge in [0.15, 0.2) is 0 Å². The molecule has 3 rings (SSSR count). The smallest absolute Gasteiger partial charge is 0.309 e. The second kappa shape index (κ2) is 3.83. The van der Waals surface area contributed by atoms with E-state index in [2.05, 4.69) is 6.58 Å². The Kier molecular flexibility index (Phi) is 2.64. The summed E-state index contributed by atoms with van der Waals surface area (Å²) in [5, 5.41) is 21.1. The highest BCUT2D eigenvalue weighted by atomic mass is 16.6. The molecule has 4 heteroatoms. The Hall–Kier alpha value is -0.870. The largest absolute Gasteiger partial charge is 0.462 e. The van der Waals surface area contributed by atoms with Crippen LogP contribution in [0, 0.1) is 17.3 Å². The van der Waals surface area contributed by atoms with Gasteiger partial charge in [-0.2, -0.15) is 0 Å². The average Bonchev–Trinajstić information content (AvgIpc) is 2.54. The van der Waals surface area contributed by atoms with Crippen LogP contribution in [0.25, 0.3) is 0 Å². The van der Waals surface area contributed by atoms with E-state index in [0.717, 1.165) is 0 Å². The molecule has 0 aromatic rings. The van der Waals surface area contributed by atoms with Gasteiger partial charge in [-0.15, -0.1) is 0 Å². The minimum atomic E-state index is -0.977. The summed E-state index contributed by atoms with van der Waals surface area (Å²) >= 11 is 0. The third-order valence-electron chi connectivity index (χ3n) is 5.69. The fourth-order valence-corrected chi connectivity index (χ4v) is 4.41. The Labute approximate surface area is 113 Å². The van der Waals surface area contributed by atoms with Gasteiger partial charge in [0.1, 0.15) is 6.10 Å². The fraction of sp³-hybridized carbons (Fsp3) is 0.800. The van der Waals surface area contributed by atoms with Crippen molar-refractivity contribution in [3.63, 3.8) is 0 Å². The zero-order valence-corrected chi connectivity index (χ0v) is 11.6. The van der Waals surface area contributed by atoms with Crippen molar-refractivity contribution in [3.8, 4) is 0 Å². The number of hydrogen-bond acceptors (Lipinski definition) is 4. The van der Waals surface area contributed by atoms with Gasteiger partial charge in [0, 0.05) is 11.3 Å². The van der Waals surface area contributed by atoms with Gasteiger partial charge in [-0.1, -0.05) is 20.4 Å². The highest BCUT2D eigenvalue weighted by Crippen LogP contribution is 2.59. The first-order valence-electron chi connectivity index (χ1n) is 7.06. The standard InChI is InChI=1S/C15H22O4/c1-8-4-10(16)5-14(3)7-12-11(6-15(8,14)18)9(2)13(17)19-12/h9-12,16,18H,1,4-7H2,2-3H3/t9-,10-,11+,12+,14+,15+/m0/s1. The van der Waals surface area contributed by atoms with Crippen molar-refractivity contribution in [2.75, 3.05) is 0 Å². The molecule has 3 fully saturated rings. The molecular weight excluding hydrogens is 244 g/mol. The van der Waals surface area contributed by atoms with Crippen LogP contribution in [0.15, 0.2) is 12.2 Å². The summed E-state index contributed by atoms with van der Waals surface area (Å²) in [4.78, 5) is 11.7. The van der Waals surface area contributed by atoms with Crippen LogP contribution in [-0.2, 0) is 9.53 Å². The molecule has 0 amide bonds. The Morgan fingerprint density at radius 2 is 2.05 bits per heavy atom. The van der Waals surface area contributed by atoms with Gasteiger partial charge in [-0.05, 0) is 31.3 Å². The van der Waals surface area contributed by atoms with Gasteiger partial charge in [-0.3, -0.25) is 4.79 Å². The predicted octanol–water partition coefficient (Wildman–Crippen LogP) is 1.41. The van der Waals surface area contributed by atoms with Crippen molar-refractivity contribution in [2.45, 2.75) is 57.3 Å². The van der Waals surface area contributed by atoms with E-state index in [-0.39, 0.29) is 23.9 Å². The maximum atomic E-state index is 11.7. The van der Waals surface area contributed by atoms with Crippen LogP contribution in [-0.4, -0.2) is 34.0 Å². The minimum Gasteiger partial charge on any atom is -0.462 e. The Morgan fingerprint density at radius 1 is 1.37 bits per heavy atom. The van der Waals surface area contributed by atoms with Crippen molar-refractivity contribution in [2.24, 2.45) is 17.3 Å². The maximum Gasteiger partial charge on any atom is 0.309 e. The average molecular weight is 266 g/mol. The van der Waals surface area contributed by atoms with Crippen molar-refractivity contribution in [1.82, 2.24) is 0 Å². The summed E-state index contributed by atoms with van der Waals surface area (Å²) in [7, 11) is 0. The summed E-state index contributed by atoms with van der Waals surface area (Å²) in [5.41, 5.74) is -0.721. The van der Waals surface area contributed by atoms with E-state index in [1.807, 2.05) is 13.8 Å². The number of carbonyl (C=O) groups excluding carboxylic acids is 1. The normalized spacial score (nSPS) is 53.5. The van der Waals surface area contributed by atoms with Crippen molar-refractivity contribution in [1.29, 1.82) is 0 Å². The molecule has 2 aliphatic carbocycles. The first-order valence-corrected chi connectivity index (χ1v) is 7.06. The van der Waals surface area contributed by atoms with Gasteiger partial charge >= 0.3 is 5.97 Å². The molecule has 106 valence electrons. The summed E-state index contributed by atoms with van der Waals surface area (Å²) in [6, 6.07) is 0. The maximum absolute atomic E-state index is 11.7. The highest BCUT2D eigenvalue weighted by Gasteiger charge is 2.62. The number of carbonyl (C=O) groups is 1. The SMILES string of the molecule is C=C1C[C@H](O)C[C@]2(C)C[C@H]3OC(=O)[C@@H](C)[C@H]3C[C@@]12O. The fourth-order valence-electron chi connectivity index (χ4n) is 4.41. The topological polar surface area (TPSA) is 66.8 Å². The van der Waals surface area contributed by atoms with Crippen LogP contribution < -0.4 is 0 Å². The van der Waals surface area contributed by atoms with Crippen molar-refractivity contribution >= 4 is 5.97 Å². The molecule has 0 aromatic carbocycles. The number of fused-ring (bicyclic) bond motifs is 2. The predicted molar refractivity (Wildman–Crippen MR) is 69.2 cm³/mol. The highest BCUT2D eigenvalue weighted by molar-refractivity contribution is 5.75. The van der Waals surface area contributed by atoms with Crippen molar-refractivity contribution < 1.29 is 19.7 Å². The summed E-state index contributed by atoms with van der Waals surface area (Å²) in [6.07, 6.45) is 1.55. The zero-order valence-electron chi connectivity index (χ0n) is 11.6. The van der Waals surface area contributed by atoms with Gasteiger partial charge in [0.25, 0.3) is 0 Å². The molecule has 0 spiro atoms. The summed E-state index contributed by atoms with van der Waals surface area (Å²) < 4.78 is 5.45. The molecule has 6 atom stereocenters. The number of hydrogen-bond donors (Lipinski definition) is 2. The minimum absolute atomic E-state index is 0.0672. The van der Waals surface area contributed by atoms with E-state index in [4.69, 9.17) is 4.74 Å². The Bertz CT molecular complexity index is 445. The van der Waals surface area contributed by atoms with Crippen LogP contribution in [0.3, 0.4) is 0 Å². The third kappa shape index (κ3) is 1.62. The van der Waals surface area contributed by atoms with E-state index in [0.29, 0.717) is 31.3 Å². The molecule has 1 heterocycles. The van der Waals surface area contributed by atoms with Crippen LogP contribution in [0.1, 0.15) is 39.5 Å². The van der Waals surface area contributed by atoms with E-state index < -0.39 is 17.1 Å².